The van der Waals surface area contributed by atoms with Crippen LogP contribution in [-0.4, -0.2) is 18.0 Å². The first-order chi connectivity index (χ1) is 10.8. The fraction of sp³-hybridized carbons (Fsp3) is 0.294. The summed E-state index contributed by atoms with van der Waals surface area (Å²) in [6, 6.07) is 7.15. The maximum absolute atomic E-state index is 12.5. The number of anilines is 1. The number of benzene rings is 1. The summed E-state index contributed by atoms with van der Waals surface area (Å²) in [5.41, 5.74) is 1.78. The van der Waals surface area contributed by atoms with Crippen molar-refractivity contribution in [2.45, 2.75) is 33.8 Å². The number of thiophene rings is 1. The fourth-order valence-corrected chi connectivity index (χ4v) is 3.56. The molecule has 6 heteroatoms. The van der Waals surface area contributed by atoms with Crippen molar-refractivity contribution >= 4 is 44.1 Å². The van der Waals surface area contributed by atoms with E-state index in [2.05, 4.69) is 21.2 Å². The zero-order chi connectivity index (χ0) is 17.1. The largest absolute Gasteiger partial charge is 0.459 e. The number of carbonyl (C=O) groups excluding carboxylic acids is 2. The van der Waals surface area contributed by atoms with Gasteiger partial charge in [0.25, 0.3) is 5.91 Å². The van der Waals surface area contributed by atoms with Crippen LogP contribution in [0.3, 0.4) is 0 Å². The van der Waals surface area contributed by atoms with Crippen LogP contribution >= 0.6 is 27.3 Å². The van der Waals surface area contributed by atoms with Crippen molar-refractivity contribution in [3.63, 3.8) is 0 Å². The average molecular weight is 396 g/mol. The van der Waals surface area contributed by atoms with Gasteiger partial charge < -0.3 is 10.1 Å². The third kappa shape index (κ3) is 4.00. The van der Waals surface area contributed by atoms with Gasteiger partial charge in [0, 0.05) is 9.35 Å². The lowest BCUT2D eigenvalue weighted by atomic mass is 10.1. The molecule has 1 N–H and O–H groups in total. The molecule has 2 aromatic rings. The molecule has 0 saturated heterocycles. The summed E-state index contributed by atoms with van der Waals surface area (Å²) in [4.78, 5) is 25.8. The monoisotopic (exact) mass is 395 g/mol. The van der Waals surface area contributed by atoms with Gasteiger partial charge in [-0.1, -0.05) is 12.1 Å². The maximum Gasteiger partial charge on any atom is 0.341 e. The van der Waals surface area contributed by atoms with Crippen molar-refractivity contribution in [2.24, 2.45) is 0 Å². The summed E-state index contributed by atoms with van der Waals surface area (Å²) in [5.74, 6) is -0.679. The molecule has 4 nitrogen and oxygen atoms in total. The Morgan fingerprint density at radius 1 is 1.22 bits per heavy atom. The molecule has 0 aliphatic rings. The first kappa shape index (κ1) is 17.7. The third-order valence-corrected chi connectivity index (χ3v) is 5.09. The van der Waals surface area contributed by atoms with Crippen LogP contribution in [0.5, 0.6) is 0 Å². The second kappa shape index (κ2) is 7.27. The minimum atomic E-state index is -0.413. The quantitative estimate of drug-likeness (QED) is 0.745. The van der Waals surface area contributed by atoms with Crippen LogP contribution in [0.2, 0.25) is 0 Å². The zero-order valence-corrected chi connectivity index (χ0v) is 15.8. The van der Waals surface area contributed by atoms with Gasteiger partial charge in [0.15, 0.2) is 0 Å². The van der Waals surface area contributed by atoms with Gasteiger partial charge in [0.05, 0.1) is 17.2 Å². The highest BCUT2D eigenvalue weighted by molar-refractivity contribution is 9.10. The summed E-state index contributed by atoms with van der Waals surface area (Å²) in [6.45, 7) is 7.37. The summed E-state index contributed by atoms with van der Waals surface area (Å²) < 4.78 is 5.99. The highest BCUT2D eigenvalue weighted by atomic mass is 79.9. The number of aryl methyl sites for hydroxylation is 1. The molecule has 0 aliphatic heterocycles. The topological polar surface area (TPSA) is 55.4 Å². The minimum absolute atomic E-state index is 0.214. The third-order valence-electron chi connectivity index (χ3n) is 3.28. The van der Waals surface area contributed by atoms with Gasteiger partial charge in [0.2, 0.25) is 0 Å². The van der Waals surface area contributed by atoms with Crippen LogP contribution in [0, 0.1) is 13.8 Å². The predicted octanol–water partition coefficient (Wildman–Crippen LogP) is 4.94. The van der Waals surface area contributed by atoms with Crippen LogP contribution in [-0.2, 0) is 4.74 Å². The van der Waals surface area contributed by atoms with Crippen molar-refractivity contribution in [2.75, 3.05) is 5.32 Å². The Morgan fingerprint density at radius 2 is 1.87 bits per heavy atom. The van der Waals surface area contributed by atoms with Gasteiger partial charge in [-0.2, -0.15) is 0 Å². The van der Waals surface area contributed by atoms with Gasteiger partial charge >= 0.3 is 5.97 Å². The predicted molar refractivity (Wildman–Crippen MR) is 96.4 cm³/mol. The Morgan fingerprint density at radius 3 is 2.48 bits per heavy atom. The van der Waals surface area contributed by atoms with Gasteiger partial charge in [-0.25, -0.2) is 4.79 Å². The Labute approximate surface area is 148 Å². The van der Waals surface area contributed by atoms with Crippen LogP contribution in [0.4, 0.5) is 5.00 Å². The first-order valence-electron chi connectivity index (χ1n) is 7.18. The highest BCUT2D eigenvalue weighted by Crippen LogP contribution is 2.34. The molecule has 0 bridgehead atoms. The van der Waals surface area contributed by atoms with E-state index in [-0.39, 0.29) is 12.0 Å². The molecule has 1 heterocycles. The summed E-state index contributed by atoms with van der Waals surface area (Å²) >= 11 is 4.74. The molecule has 2 rings (SSSR count). The zero-order valence-electron chi connectivity index (χ0n) is 13.4. The lowest BCUT2D eigenvalue weighted by Crippen LogP contribution is -2.17. The van der Waals surface area contributed by atoms with Crippen LogP contribution in [0.15, 0.2) is 28.7 Å². The average Bonchev–Trinajstić information content (AvgIpc) is 2.73. The minimum Gasteiger partial charge on any atom is -0.459 e. The highest BCUT2D eigenvalue weighted by Gasteiger charge is 2.23. The van der Waals surface area contributed by atoms with E-state index in [1.165, 1.54) is 11.3 Å². The molecular formula is C17H18BrNO3S. The number of esters is 1. The molecule has 1 amide bonds. The number of nitrogens with one attached hydrogen (secondary N) is 1. The molecule has 23 heavy (non-hydrogen) atoms. The number of hydrogen-bond donors (Lipinski definition) is 1. The summed E-state index contributed by atoms with van der Waals surface area (Å²) in [5, 5.41) is 3.35. The molecule has 122 valence electrons. The van der Waals surface area contributed by atoms with Crippen molar-refractivity contribution in [1.82, 2.24) is 0 Å². The molecule has 0 radical (unpaired) electrons. The van der Waals surface area contributed by atoms with Gasteiger partial charge in [-0.05, 0) is 61.3 Å². The number of halogens is 1. The van der Waals surface area contributed by atoms with Crippen LogP contribution in [0.25, 0.3) is 0 Å². The fourth-order valence-electron chi connectivity index (χ4n) is 2.05. The van der Waals surface area contributed by atoms with Crippen molar-refractivity contribution in [3.05, 3.63) is 50.3 Å². The molecule has 0 spiro atoms. The van der Waals surface area contributed by atoms with E-state index in [9.17, 15) is 9.59 Å². The Kier molecular flexibility index (Phi) is 5.59. The Bertz CT molecular complexity index is 752. The van der Waals surface area contributed by atoms with Gasteiger partial charge in [-0.15, -0.1) is 11.3 Å². The number of hydrogen-bond acceptors (Lipinski definition) is 4. The van der Waals surface area contributed by atoms with E-state index in [0.29, 0.717) is 20.6 Å². The maximum atomic E-state index is 12.5. The smallest absolute Gasteiger partial charge is 0.341 e. The molecule has 1 aromatic carbocycles. The van der Waals surface area contributed by atoms with Crippen LogP contribution in [0.1, 0.15) is 45.0 Å². The van der Waals surface area contributed by atoms with E-state index < -0.39 is 5.97 Å². The van der Waals surface area contributed by atoms with E-state index in [4.69, 9.17) is 4.74 Å². The molecule has 0 unspecified atom stereocenters. The SMILES string of the molecule is Cc1sc(NC(=O)c2ccccc2Br)c(C(=O)OC(C)C)c1C. The summed E-state index contributed by atoms with van der Waals surface area (Å²) in [7, 11) is 0. The number of ether oxygens (including phenoxy) is 1. The molecule has 0 atom stereocenters. The molecule has 0 saturated carbocycles. The molecular weight excluding hydrogens is 378 g/mol. The Balaban J connectivity index is 2.33. The van der Waals surface area contributed by atoms with E-state index in [0.717, 1.165) is 10.4 Å². The standard InChI is InChI=1S/C17H18BrNO3S/c1-9(2)22-17(21)14-10(3)11(4)23-16(14)19-15(20)12-7-5-6-8-13(12)18/h5-9H,1-4H3,(H,19,20). The van der Waals surface area contributed by atoms with E-state index >= 15 is 0 Å². The van der Waals surface area contributed by atoms with Gasteiger partial charge in [-0.3, -0.25) is 4.79 Å². The first-order valence-corrected chi connectivity index (χ1v) is 8.79. The number of carbonyl (C=O) groups is 2. The van der Waals surface area contributed by atoms with Gasteiger partial charge in [0.1, 0.15) is 5.00 Å². The number of amides is 1. The Hall–Kier alpha value is -1.66. The molecule has 0 aliphatic carbocycles. The van der Waals surface area contributed by atoms with Crippen molar-refractivity contribution < 1.29 is 14.3 Å². The molecule has 1 aromatic heterocycles. The van der Waals surface area contributed by atoms with Crippen LogP contribution < -0.4 is 5.32 Å². The van der Waals surface area contributed by atoms with E-state index in [1.807, 2.05) is 19.9 Å². The summed E-state index contributed by atoms with van der Waals surface area (Å²) in [6.07, 6.45) is -0.214. The van der Waals surface area contributed by atoms with Crippen molar-refractivity contribution in [1.29, 1.82) is 0 Å². The second-order valence-corrected chi connectivity index (χ2v) is 7.45. The molecule has 0 fully saturated rings. The lowest BCUT2D eigenvalue weighted by molar-refractivity contribution is 0.0379. The lowest BCUT2D eigenvalue weighted by Gasteiger charge is -2.11. The number of rotatable bonds is 4. The van der Waals surface area contributed by atoms with Crippen molar-refractivity contribution in [3.8, 4) is 0 Å². The second-order valence-electron chi connectivity index (χ2n) is 5.38. The van der Waals surface area contributed by atoms with E-state index in [1.54, 1.807) is 32.0 Å². The normalized spacial score (nSPS) is 10.7.